The Labute approximate surface area is 148 Å². The molecule has 3 N–H and O–H groups in total. The van der Waals surface area contributed by atoms with Gasteiger partial charge in [-0.15, -0.1) is 0 Å². The highest BCUT2D eigenvalue weighted by Gasteiger charge is 2.39. The number of nitrogens with zero attached hydrogens (tertiary/aromatic N) is 1. The van der Waals surface area contributed by atoms with E-state index in [1.54, 1.807) is 17.4 Å². The van der Waals surface area contributed by atoms with E-state index in [0.717, 1.165) is 5.56 Å². The summed E-state index contributed by atoms with van der Waals surface area (Å²) < 4.78 is 27.4. The topological polar surface area (TPSA) is 106 Å². The number of sulfonamides is 1. The van der Waals surface area contributed by atoms with Crippen molar-refractivity contribution in [2.24, 2.45) is 5.92 Å². The fourth-order valence-electron chi connectivity index (χ4n) is 3.40. The first-order chi connectivity index (χ1) is 12.0. The van der Waals surface area contributed by atoms with Gasteiger partial charge in [-0.05, 0) is 40.6 Å². The maximum Gasteiger partial charge on any atom is 0.323 e. The van der Waals surface area contributed by atoms with Crippen LogP contribution in [0.25, 0.3) is 11.0 Å². The van der Waals surface area contributed by atoms with Gasteiger partial charge in [-0.3, -0.25) is 0 Å². The first-order valence-electron chi connectivity index (χ1n) is 7.84. The van der Waals surface area contributed by atoms with Crippen molar-refractivity contribution in [3.8, 4) is 0 Å². The number of thiophene rings is 1. The normalized spacial score (nSPS) is 22.0. The quantitative estimate of drug-likeness (QED) is 0.635. The van der Waals surface area contributed by atoms with Crippen molar-refractivity contribution >= 4 is 32.4 Å². The van der Waals surface area contributed by atoms with Gasteiger partial charge in [0.05, 0.1) is 15.9 Å². The largest absolute Gasteiger partial charge is 0.396 e. The smallest absolute Gasteiger partial charge is 0.323 e. The number of imidazole rings is 1. The zero-order chi connectivity index (χ0) is 17.6. The molecule has 0 spiro atoms. The van der Waals surface area contributed by atoms with Crippen LogP contribution in [-0.2, 0) is 10.0 Å². The van der Waals surface area contributed by atoms with Crippen LogP contribution in [0.1, 0.15) is 11.5 Å². The second-order valence-corrected chi connectivity index (χ2v) is 8.93. The first-order valence-corrected chi connectivity index (χ1v) is 10.2. The molecular weight excluding hydrogens is 362 g/mol. The van der Waals surface area contributed by atoms with E-state index in [-0.39, 0.29) is 35.6 Å². The Hall–Kier alpha value is -1.94. The van der Waals surface area contributed by atoms with Gasteiger partial charge in [-0.25, -0.2) is 13.2 Å². The van der Waals surface area contributed by atoms with Crippen molar-refractivity contribution < 1.29 is 13.5 Å². The third kappa shape index (κ3) is 2.82. The fourth-order valence-corrected chi connectivity index (χ4v) is 5.67. The van der Waals surface area contributed by atoms with Crippen LogP contribution >= 0.6 is 11.3 Å². The number of hydrogen-bond donors (Lipinski definition) is 3. The Morgan fingerprint density at radius 2 is 2.00 bits per heavy atom. The SMILES string of the molecule is O=c1[nH]c2ccc(S(=O)(=O)N3C[C@H](CO)[C@H](c4ccsc4)C3)cc2[nH]1. The molecule has 0 aliphatic carbocycles. The van der Waals surface area contributed by atoms with Crippen LogP contribution in [0.5, 0.6) is 0 Å². The fraction of sp³-hybridized carbons (Fsp3) is 0.312. The maximum absolute atomic E-state index is 13.0. The molecule has 1 fully saturated rings. The van der Waals surface area contributed by atoms with Crippen molar-refractivity contribution in [1.82, 2.24) is 14.3 Å². The molecule has 1 aliphatic rings. The Bertz CT molecular complexity index is 1050. The second kappa shape index (κ2) is 6.10. The van der Waals surface area contributed by atoms with Gasteiger partial charge in [-0.2, -0.15) is 15.6 Å². The average molecular weight is 379 g/mol. The number of fused-ring (bicyclic) bond motifs is 1. The average Bonchev–Trinajstić information content (AvgIpc) is 3.31. The molecule has 9 heteroatoms. The molecule has 3 aromatic rings. The molecule has 4 rings (SSSR count). The molecule has 0 amide bonds. The standard InChI is InChI=1S/C16H17N3O4S2/c20-8-11-6-19(7-13(11)10-3-4-24-9-10)25(22,23)12-1-2-14-15(5-12)18-16(21)17-14/h1-5,9,11,13,20H,6-8H2,(H2,17,18,21)/t11-,13+/m1/s1. The zero-order valence-electron chi connectivity index (χ0n) is 13.2. The van der Waals surface area contributed by atoms with Crippen molar-refractivity contribution in [2.75, 3.05) is 19.7 Å². The molecule has 0 radical (unpaired) electrons. The highest BCUT2D eigenvalue weighted by molar-refractivity contribution is 7.89. The number of hydrogen-bond acceptors (Lipinski definition) is 5. The Morgan fingerprint density at radius 3 is 2.72 bits per heavy atom. The Morgan fingerprint density at radius 1 is 1.20 bits per heavy atom. The molecular formula is C16H17N3O4S2. The number of benzene rings is 1. The summed E-state index contributed by atoms with van der Waals surface area (Å²) in [6.07, 6.45) is 0. The van der Waals surface area contributed by atoms with Crippen LogP contribution in [0, 0.1) is 5.92 Å². The van der Waals surface area contributed by atoms with E-state index in [1.165, 1.54) is 16.4 Å². The monoisotopic (exact) mass is 379 g/mol. The summed E-state index contributed by atoms with van der Waals surface area (Å²) in [7, 11) is -3.70. The molecule has 1 saturated heterocycles. The summed E-state index contributed by atoms with van der Waals surface area (Å²) in [4.78, 5) is 16.7. The van der Waals surface area contributed by atoms with Crippen molar-refractivity contribution in [3.05, 3.63) is 51.1 Å². The molecule has 1 aliphatic heterocycles. The molecule has 25 heavy (non-hydrogen) atoms. The number of aromatic nitrogens is 2. The lowest BCUT2D eigenvalue weighted by Crippen LogP contribution is -2.29. The number of nitrogens with one attached hydrogen (secondary N) is 2. The molecule has 2 aromatic heterocycles. The summed E-state index contributed by atoms with van der Waals surface area (Å²) in [5.74, 6) is -0.137. The molecule has 7 nitrogen and oxygen atoms in total. The lowest BCUT2D eigenvalue weighted by molar-refractivity contribution is 0.223. The van der Waals surface area contributed by atoms with Gasteiger partial charge in [0.15, 0.2) is 0 Å². The summed E-state index contributed by atoms with van der Waals surface area (Å²) in [6, 6.07) is 6.52. The van der Waals surface area contributed by atoms with Gasteiger partial charge in [0.1, 0.15) is 0 Å². The van der Waals surface area contributed by atoms with Crippen LogP contribution in [0.4, 0.5) is 0 Å². The zero-order valence-corrected chi connectivity index (χ0v) is 14.8. The molecule has 132 valence electrons. The maximum atomic E-state index is 13.0. The summed E-state index contributed by atoms with van der Waals surface area (Å²) >= 11 is 1.56. The summed E-state index contributed by atoms with van der Waals surface area (Å²) in [5, 5.41) is 13.6. The van der Waals surface area contributed by atoms with E-state index in [9.17, 15) is 18.3 Å². The van der Waals surface area contributed by atoms with Crippen molar-refractivity contribution in [1.29, 1.82) is 0 Å². The summed E-state index contributed by atoms with van der Waals surface area (Å²) in [5.41, 5.74) is 1.71. The predicted octanol–water partition coefficient (Wildman–Crippen LogP) is 1.31. The highest BCUT2D eigenvalue weighted by atomic mass is 32.2. The minimum Gasteiger partial charge on any atom is -0.396 e. The third-order valence-electron chi connectivity index (χ3n) is 4.74. The molecule has 0 bridgehead atoms. The second-order valence-electron chi connectivity index (χ2n) is 6.21. The van der Waals surface area contributed by atoms with E-state index in [0.29, 0.717) is 17.6 Å². The van der Waals surface area contributed by atoms with E-state index in [1.807, 2.05) is 16.8 Å². The molecule has 0 unspecified atom stereocenters. The number of aliphatic hydroxyl groups excluding tert-OH is 1. The number of aliphatic hydroxyl groups is 1. The van der Waals surface area contributed by atoms with Gasteiger partial charge < -0.3 is 15.1 Å². The van der Waals surface area contributed by atoms with Crippen molar-refractivity contribution in [2.45, 2.75) is 10.8 Å². The third-order valence-corrected chi connectivity index (χ3v) is 7.27. The first kappa shape index (κ1) is 16.5. The molecule has 3 heterocycles. The Balaban J connectivity index is 1.68. The van der Waals surface area contributed by atoms with Gasteiger partial charge in [0.2, 0.25) is 10.0 Å². The van der Waals surface area contributed by atoms with Gasteiger partial charge in [0.25, 0.3) is 0 Å². The number of H-pyrrole nitrogens is 2. The van der Waals surface area contributed by atoms with Crippen LogP contribution in [-0.4, -0.2) is 47.5 Å². The Kier molecular flexibility index (Phi) is 4.03. The number of rotatable bonds is 4. The van der Waals surface area contributed by atoms with Crippen LogP contribution in [0.3, 0.4) is 0 Å². The van der Waals surface area contributed by atoms with Gasteiger partial charge in [-0.1, -0.05) is 0 Å². The van der Waals surface area contributed by atoms with E-state index in [2.05, 4.69) is 9.97 Å². The van der Waals surface area contributed by atoms with Crippen LogP contribution < -0.4 is 5.69 Å². The minimum atomic E-state index is -3.70. The number of aromatic amines is 2. The lowest BCUT2D eigenvalue weighted by Gasteiger charge is -2.16. The lowest BCUT2D eigenvalue weighted by atomic mass is 9.92. The molecule has 2 atom stereocenters. The molecule has 1 aromatic carbocycles. The van der Waals surface area contributed by atoms with Crippen molar-refractivity contribution in [3.63, 3.8) is 0 Å². The van der Waals surface area contributed by atoms with Gasteiger partial charge in [0, 0.05) is 31.5 Å². The summed E-state index contributed by atoms with van der Waals surface area (Å²) in [6.45, 7) is 0.559. The highest BCUT2D eigenvalue weighted by Crippen LogP contribution is 2.36. The van der Waals surface area contributed by atoms with E-state index >= 15 is 0 Å². The van der Waals surface area contributed by atoms with E-state index in [4.69, 9.17) is 0 Å². The minimum absolute atomic E-state index is 0.0122. The van der Waals surface area contributed by atoms with Crippen LogP contribution in [0.2, 0.25) is 0 Å². The van der Waals surface area contributed by atoms with Crippen LogP contribution in [0.15, 0.2) is 44.7 Å². The van der Waals surface area contributed by atoms with Gasteiger partial charge >= 0.3 is 5.69 Å². The van der Waals surface area contributed by atoms with E-state index < -0.39 is 10.0 Å². The molecule has 0 saturated carbocycles. The predicted molar refractivity (Wildman–Crippen MR) is 95.3 cm³/mol.